The second-order valence-corrected chi connectivity index (χ2v) is 9.54. The normalized spacial score (nSPS) is 17.4. The number of sulfone groups is 1. The van der Waals surface area contributed by atoms with E-state index < -0.39 is 9.84 Å². The number of hydrogen-bond acceptors (Lipinski definition) is 4. The van der Waals surface area contributed by atoms with E-state index >= 15 is 0 Å². The van der Waals surface area contributed by atoms with E-state index in [4.69, 9.17) is 0 Å². The molecule has 1 atom stereocenters. The first-order valence-corrected chi connectivity index (χ1v) is 11.9. The van der Waals surface area contributed by atoms with Crippen molar-refractivity contribution in [1.82, 2.24) is 10.6 Å². The Labute approximate surface area is 174 Å². The van der Waals surface area contributed by atoms with E-state index in [1.165, 1.54) is 17.5 Å². The van der Waals surface area contributed by atoms with Gasteiger partial charge in [0.05, 0.1) is 11.4 Å². The van der Waals surface area contributed by atoms with Crippen molar-refractivity contribution in [3.63, 3.8) is 0 Å². The van der Waals surface area contributed by atoms with Crippen molar-refractivity contribution >= 4 is 21.5 Å². The number of aryl methyl sites for hydroxylation is 1. The van der Waals surface area contributed by atoms with Gasteiger partial charge in [0.25, 0.3) is 0 Å². The summed E-state index contributed by atoms with van der Waals surface area (Å²) in [7, 11) is -3.17. The van der Waals surface area contributed by atoms with Crippen LogP contribution in [0.1, 0.15) is 24.5 Å². The number of aliphatic imine (C=N–C) groups is 1. The molecule has 0 amide bonds. The minimum absolute atomic E-state index is 0.331. The zero-order chi connectivity index (χ0) is 20.9. The van der Waals surface area contributed by atoms with Crippen LogP contribution >= 0.6 is 0 Å². The van der Waals surface area contributed by atoms with Gasteiger partial charge in [-0.05, 0) is 50.1 Å². The highest BCUT2D eigenvalue weighted by Crippen LogP contribution is 2.20. The second-order valence-electron chi connectivity index (χ2n) is 7.52. The second kappa shape index (κ2) is 9.31. The van der Waals surface area contributed by atoms with E-state index in [9.17, 15) is 8.42 Å². The molecule has 0 saturated carbocycles. The summed E-state index contributed by atoms with van der Waals surface area (Å²) in [5, 5.41) is 6.84. The maximum atomic E-state index is 11.6. The molecule has 2 aromatic rings. The van der Waals surface area contributed by atoms with Gasteiger partial charge in [0.2, 0.25) is 0 Å². The van der Waals surface area contributed by atoms with Crippen LogP contribution in [0.15, 0.2) is 58.4 Å². The van der Waals surface area contributed by atoms with Gasteiger partial charge in [0.15, 0.2) is 15.8 Å². The van der Waals surface area contributed by atoms with Gasteiger partial charge >= 0.3 is 0 Å². The molecule has 0 aliphatic carbocycles. The third-order valence-electron chi connectivity index (χ3n) is 5.04. The van der Waals surface area contributed by atoms with Crippen molar-refractivity contribution in [2.75, 3.05) is 30.8 Å². The number of guanidine groups is 1. The van der Waals surface area contributed by atoms with E-state index in [-0.39, 0.29) is 0 Å². The summed E-state index contributed by atoms with van der Waals surface area (Å²) in [4.78, 5) is 7.40. The highest BCUT2D eigenvalue weighted by atomic mass is 32.2. The number of nitrogens with one attached hydrogen (secondary N) is 2. The summed E-state index contributed by atoms with van der Waals surface area (Å²) in [6.07, 6.45) is 2.27. The van der Waals surface area contributed by atoms with E-state index in [0.29, 0.717) is 17.5 Å². The molecule has 6 nitrogen and oxygen atoms in total. The minimum atomic E-state index is -3.17. The van der Waals surface area contributed by atoms with Gasteiger partial charge in [-0.25, -0.2) is 13.4 Å². The summed E-state index contributed by atoms with van der Waals surface area (Å²) in [6, 6.07) is 15.9. The largest absolute Gasteiger partial charge is 0.369 e. The van der Waals surface area contributed by atoms with Crippen molar-refractivity contribution in [3.8, 4) is 0 Å². The van der Waals surface area contributed by atoms with E-state index in [2.05, 4.69) is 51.7 Å². The lowest BCUT2D eigenvalue weighted by molar-refractivity contribution is 0.602. The monoisotopic (exact) mass is 414 g/mol. The smallest absolute Gasteiger partial charge is 0.191 e. The fourth-order valence-corrected chi connectivity index (χ4v) is 4.02. The lowest BCUT2D eigenvalue weighted by atomic mass is 10.2. The summed E-state index contributed by atoms with van der Waals surface area (Å²) < 4.78 is 23.2. The Kier molecular flexibility index (Phi) is 6.79. The van der Waals surface area contributed by atoms with E-state index in [1.807, 2.05) is 19.1 Å². The van der Waals surface area contributed by atoms with Crippen molar-refractivity contribution in [1.29, 1.82) is 0 Å². The Bertz CT molecular complexity index is 938. The molecule has 0 aromatic heterocycles. The number of benzene rings is 2. The predicted octanol–water partition coefficient (Wildman–Crippen LogP) is 2.73. The van der Waals surface area contributed by atoms with Crippen LogP contribution in [-0.4, -0.2) is 46.3 Å². The van der Waals surface area contributed by atoms with Crippen molar-refractivity contribution in [2.24, 2.45) is 4.99 Å². The third-order valence-corrected chi connectivity index (χ3v) is 6.17. The Morgan fingerprint density at radius 1 is 1.14 bits per heavy atom. The van der Waals surface area contributed by atoms with Crippen LogP contribution in [0.3, 0.4) is 0 Å². The van der Waals surface area contributed by atoms with Gasteiger partial charge in [0, 0.05) is 37.6 Å². The molecule has 1 aliphatic rings. The molecule has 156 valence electrons. The average molecular weight is 415 g/mol. The quantitative estimate of drug-likeness (QED) is 0.562. The topological polar surface area (TPSA) is 73.8 Å². The molecule has 2 aromatic carbocycles. The van der Waals surface area contributed by atoms with Gasteiger partial charge < -0.3 is 15.5 Å². The molecule has 1 fully saturated rings. The molecule has 29 heavy (non-hydrogen) atoms. The third kappa shape index (κ3) is 5.97. The molecule has 3 rings (SSSR count). The predicted molar refractivity (Wildman–Crippen MR) is 119 cm³/mol. The lowest BCUT2D eigenvalue weighted by Crippen LogP contribution is -2.44. The van der Waals surface area contributed by atoms with Crippen molar-refractivity contribution in [3.05, 3.63) is 59.7 Å². The van der Waals surface area contributed by atoms with Gasteiger partial charge in [0.1, 0.15) is 0 Å². The first kappa shape index (κ1) is 21.2. The highest BCUT2D eigenvalue weighted by molar-refractivity contribution is 7.90. The summed E-state index contributed by atoms with van der Waals surface area (Å²) >= 11 is 0. The van der Waals surface area contributed by atoms with Crippen LogP contribution in [0.4, 0.5) is 5.69 Å². The molecular weight excluding hydrogens is 384 g/mol. The zero-order valence-electron chi connectivity index (χ0n) is 17.4. The summed E-state index contributed by atoms with van der Waals surface area (Å²) in [5.41, 5.74) is 3.50. The Hall–Kier alpha value is -2.54. The minimum Gasteiger partial charge on any atom is -0.369 e. The maximum absolute atomic E-state index is 11.6. The van der Waals surface area contributed by atoms with Gasteiger partial charge in [-0.15, -0.1) is 0 Å². The molecule has 2 N–H and O–H groups in total. The number of rotatable bonds is 6. The number of hydrogen-bond donors (Lipinski definition) is 2. The van der Waals surface area contributed by atoms with E-state index in [0.717, 1.165) is 37.6 Å². The summed E-state index contributed by atoms with van der Waals surface area (Å²) in [6.45, 7) is 7.39. The average Bonchev–Trinajstić information content (AvgIpc) is 3.15. The fraction of sp³-hybridized carbons (Fsp3) is 0.409. The molecule has 0 radical (unpaired) electrons. The highest BCUT2D eigenvalue weighted by Gasteiger charge is 2.23. The van der Waals surface area contributed by atoms with Crippen LogP contribution < -0.4 is 15.5 Å². The SMILES string of the molecule is CCNC(=NCc1ccc(S(C)(=O)=O)cc1)NC1CCN(c2ccc(C)cc2)C1. The van der Waals surface area contributed by atoms with Crippen LogP contribution in [0.25, 0.3) is 0 Å². The molecular formula is C22H30N4O2S. The first-order valence-electron chi connectivity index (χ1n) is 10.0. The Morgan fingerprint density at radius 3 is 2.45 bits per heavy atom. The molecule has 1 heterocycles. The Morgan fingerprint density at radius 2 is 1.83 bits per heavy atom. The molecule has 1 unspecified atom stereocenters. The standard InChI is InChI=1S/C22H30N4O2S/c1-4-23-22(24-15-18-7-11-21(12-8-18)29(3,27)28)25-19-13-14-26(16-19)20-9-5-17(2)6-10-20/h5-12,19H,4,13-16H2,1-3H3,(H2,23,24,25). The van der Waals surface area contributed by atoms with Crippen LogP contribution in [0, 0.1) is 6.92 Å². The van der Waals surface area contributed by atoms with Crippen LogP contribution in [0.5, 0.6) is 0 Å². The van der Waals surface area contributed by atoms with Gasteiger partial charge in [-0.2, -0.15) is 0 Å². The van der Waals surface area contributed by atoms with Gasteiger partial charge in [-0.3, -0.25) is 0 Å². The number of nitrogens with zero attached hydrogens (tertiary/aromatic N) is 2. The lowest BCUT2D eigenvalue weighted by Gasteiger charge is -2.20. The van der Waals surface area contributed by atoms with E-state index in [1.54, 1.807) is 12.1 Å². The Balaban J connectivity index is 1.60. The molecule has 1 aliphatic heterocycles. The fourth-order valence-electron chi connectivity index (χ4n) is 3.39. The zero-order valence-corrected chi connectivity index (χ0v) is 18.2. The van der Waals surface area contributed by atoms with Crippen LogP contribution in [-0.2, 0) is 16.4 Å². The van der Waals surface area contributed by atoms with Crippen LogP contribution in [0.2, 0.25) is 0 Å². The summed E-state index contributed by atoms with van der Waals surface area (Å²) in [5.74, 6) is 0.787. The van der Waals surface area contributed by atoms with Crippen molar-refractivity contribution < 1.29 is 8.42 Å². The van der Waals surface area contributed by atoms with Gasteiger partial charge in [-0.1, -0.05) is 29.8 Å². The van der Waals surface area contributed by atoms with Crippen molar-refractivity contribution in [2.45, 2.75) is 37.8 Å². The number of anilines is 1. The molecule has 7 heteroatoms. The first-order chi connectivity index (χ1) is 13.8. The molecule has 0 bridgehead atoms. The molecule has 1 saturated heterocycles. The maximum Gasteiger partial charge on any atom is 0.191 e. The molecule has 0 spiro atoms.